The Balaban J connectivity index is 1.82. The number of benzene rings is 1. The fourth-order valence-corrected chi connectivity index (χ4v) is 2.90. The number of rotatable bonds is 1. The van der Waals surface area contributed by atoms with E-state index in [1.165, 1.54) is 11.1 Å². The molecule has 2 aromatic rings. The second-order valence-electron chi connectivity index (χ2n) is 5.37. The summed E-state index contributed by atoms with van der Waals surface area (Å²) in [6, 6.07) is 8.47. The number of nitrogens with zero attached hydrogens (tertiary/aromatic N) is 2. The van der Waals surface area contributed by atoms with Crippen LogP contribution in [0.15, 0.2) is 24.3 Å². The number of carbonyl (C=O) groups is 1. The van der Waals surface area contributed by atoms with Crippen LogP contribution in [0.2, 0.25) is 0 Å². The van der Waals surface area contributed by atoms with Crippen LogP contribution in [0.5, 0.6) is 0 Å². The summed E-state index contributed by atoms with van der Waals surface area (Å²) < 4.78 is 0. The molecule has 1 aromatic heterocycles. The van der Waals surface area contributed by atoms with Gasteiger partial charge in [0.05, 0.1) is 11.3 Å². The van der Waals surface area contributed by atoms with Gasteiger partial charge in [-0.15, -0.1) is 0 Å². The summed E-state index contributed by atoms with van der Waals surface area (Å²) in [5.74, 6) is 0.0987. The minimum absolute atomic E-state index is 0.0987. The quantitative estimate of drug-likeness (QED) is 0.863. The van der Waals surface area contributed by atoms with Crippen LogP contribution in [0.1, 0.15) is 32.9 Å². The first-order valence-electron chi connectivity index (χ1n) is 7.04. The van der Waals surface area contributed by atoms with Gasteiger partial charge in [-0.05, 0) is 37.8 Å². The zero-order valence-corrected chi connectivity index (χ0v) is 11.9. The minimum Gasteiger partial charge on any atom is -0.338 e. The topological polar surface area (TPSA) is 49.0 Å². The molecule has 4 nitrogen and oxygen atoms in total. The smallest absolute Gasteiger partial charge is 0.257 e. The van der Waals surface area contributed by atoms with Gasteiger partial charge < -0.3 is 4.90 Å². The van der Waals surface area contributed by atoms with Gasteiger partial charge in [-0.2, -0.15) is 5.10 Å². The molecule has 0 saturated heterocycles. The highest BCUT2D eigenvalue weighted by Crippen LogP contribution is 2.19. The predicted octanol–water partition coefficient (Wildman–Crippen LogP) is 2.27. The van der Waals surface area contributed by atoms with Crippen LogP contribution >= 0.6 is 0 Å². The number of hydrogen-bond acceptors (Lipinski definition) is 2. The molecule has 1 aromatic carbocycles. The Kier molecular flexibility index (Phi) is 3.30. The van der Waals surface area contributed by atoms with Crippen LogP contribution in [-0.2, 0) is 12.8 Å². The lowest BCUT2D eigenvalue weighted by Gasteiger charge is -2.20. The van der Waals surface area contributed by atoms with Crippen molar-refractivity contribution in [3.05, 3.63) is 52.3 Å². The van der Waals surface area contributed by atoms with Crippen molar-refractivity contribution in [2.24, 2.45) is 0 Å². The number of aryl methyl sites for hydroxylation is 2. The Morgan fingerprint density at radius 1 is 1.15 bits per heavy atom. The molecule has 0 fully saturated rings. The summed E-state index contributed by atoms with van der Waals surface area (Å²) in [7, 11) is 0. The molecule has 4 heteroatoms. The zero-order chi connectivity index (χ0) is 14.1. The number of nitrogens with one attached hydrogen (secondary N) is 1. The van der Waals surface area contributed by atoms with E-state index in [9.17, 15) is 4.79 Å². The number of amides is 1. The van der Waals surface area contributed by atoms with Gasteiger partial charge in [0.15, 0.2) is 0 Å². The normalized spacial score (nSPS) is 14.8. The fraction of sp³-hybridized carbons (Fsp3) is 0.375. The van der Waals surface area contributed by atoms with Crippen LogP contribution in [-0.4, -0.2) is 34.1 Å². The first-order chi connectivity index (χ1) is 9.66. The fourth-order valence-electron chi connectivity index (χ4n) is 2.90. The first-order valence-corrected chi connectivity index (χ1v) is 7.04. The minimum atomic E-state index is 0.0987. The Hall–Kier alpha value is -2.10. The molecule has 1 aliphatic rings. The lowest BCUT2D eigenvalue weighted by Crippen LogP contribution is -2.33. The Morgan fingerprint density at radius 3 is 2.25 bits per heavy atom. The molecule has 0 atom stereocenters. The molecular weight excluding hydrogens is 250 g/mol. The summed E-state index contributed by atoms with van der Waals surface area (Å²) in [6.07, 6.45) is 1.86. The van der Waals surface area contributed by atoms with Gasteiger partial charge in [-0.25, -0.2) is 0 Å². The van der Waals surface area contributed by atoms with Crippen LogP contribution in [0, 0.1) is 13.8 Å². The lowest BCUT2D eigenvalue weighted by atomic mass is 10.0. The molecule has 104 valence electrons. The molecule has 1 N–H and O–H groups in total. The number of fused-ring (bicyclic) bond motifs is 1. The van der Waals surface area contributed by atoms with E-state index in [-0.39, 0.29) is 5.91 Å². The maximum atomic E-state index is 12.7. The van der Waals surface area contributed by atoms with Crippen molar-refractivity contribution < 1.29 is 4.79 Å². The van der Waals surface area contributed by atoms with E-state index >= 15 is 0 Å². The molecule has 0 bridgehead atoms. The highest BCUT2D eigenvalue weighted by Gasteiger charge is 2.23. The summed E-state index contributed by atoms with van der Waals surface area (Å²) >= 11 is 0. The van der Waals surface area contributed by atoms with Crippen molar-refractivity contribution in [1.82, 2.24) is 15.1 Å². The summed E-state index contributed by atoms with van der Waals surface area (Å²) in [5.41, 5.74) is 5.10. The van der Waals surface area contributed by atoms with Crippen LogP contribution in [0.4, 0.5) is 0 Å². The molecule has 1 aliphatic heterocycles. The third kappa shape index (κ3) is 2.22. The van der Waals surface area contributed by atoms with Gasteiger partial charge in [0.1, 0.15) is 0 Å². The van der Waals surface area contributed by atoms with Crippen molar-refractivity contribution in [3.63, 3.8) is 0 Å². The molecule has 2 heterocycles. The Labute approximate surface area is 118 Å². The van der Waals surface area contributed by atoms with Gasteiger partial charge in [0.2, 0.25) is 0 Å². The van der Waals surface area contributed by atoms with E-state index in [1.54, 1.807) is 0 Å². The number of aromatic nitrogens is 2. The molecule has 0 aliphatic carbocycles. The largest absolute Gasteiger partial charge is 0.338 e. The van der Waals surface area contributed by atoms with E-state index in [0.717, 1.165) is 42.9 Å². The van der Waals surface area contributed by atoms with Crippen LogP contribution in [0.25, 0.3) is 0 Å². The number of carbonyl (C=O) groups excluding carboxylic acids is 1. The van der Waals surface area contributed by atoms with E-state index < -0.39 is 0 Å². The summed E-state index contributed by atoms with van der Waals surface area (Å²) in [5, 5.41) is 7.01. The van der Waals surface area contributed by atoms with Crippen molar-refractivity contribution in [3.8, 4) is 0 Å². The SMILES string of the molecule is Cc1n[nH]c(C)c1C(=O)N1CCc2ccccc2CC1. The average molecular weight is 269 g/mol. The second-order valence-corrected chi connectivity index (χ2v) is 5.37. The van der Waals surface area contributed by atoms with Crippen LogP contribution in [0.3, 0.4) is 0 Å². The molecule has 1 amide bonds. The standard InChI is InChI=1S/C16H19N3O/c1-11-15(12(2)18-17-11)16(20)19-9-7-13-5-3-4-6-14(13)8-10-19/h3-6H,7-10H2,1-2H3,(H,17,18). The maximum absolute atomic E-state index is 12.7. The Morgan fingerprint density at radius 2 is 1.75 bits per heavy atom. The van der Waals surface area contributed by atoms with Gasteiger partial charge in [-0.3, -0.25) is 9.89 Å². The average Bonchev–Trinajstić information content (AvgIpc) is 2.67. The first kappa shape index (κ1) is 12.9. The molecule has 0 saturated carbocycles. The third-order valence-corrected chi connectivity index (χ3v) is 4.05. The van der Waals surface area contributed by atoms with Crippen molar-refractivity contribution >= 4 is 5.91 Å². The van der Waals surface area contributed by atoms with Gasteiger partial charge in [-0.1, -0.05) is 24.3 Å². The molecule has 3 rings (SSSR count). The third-order valence-electron chi connectivity index (χ3n) is 4.05. The highest BCUT2D eigenvalue weighted by molar-refractivity contribution is 5.96. The monoisotopic (exact) mass is 269 g/mol. The number of aromatic amines is 1. The van der Waals surface area contributed by atoms with Crippen molar-refractivity contribution in [1.29, 1.82) is 0 Å². The molecule has 0 unspecified atom stereocenters. The highest BCUT2D eigenvalue weighted by atomic mass is 16.2. The summed E-state index contributed by atoms with van der Waals surface area (Å²) in [4.78, 5) is 14.6. The van der Waals surface area contributed by atoms with Crippen molar-refractivity contribution in [2.75, 3.05) is 13.1 Å². The molecule has 20 heavy (non-hydrogen) atoms. The second kappa shape index (κ2) is 5.12. The van der Waals surface area contributed by atoms with Crippen molar-refractivity contribution in [2.45, 2.75) is 26.7 Å². The maximum Gasteiger partial charge on any atom is 0.257 e. The van der Waals surface area contributed by atoms with E-state index in [4.69, 9.17) is 0 Å². The van der Waals surface area contributed by atoms with E-state index in [2.05, 4.69) is 34.5 Å². The number of H-pyrrole nitrogens is 1. The summed E-state index contributed by atoms with van der Waals surface area (Å²) in [6.45, 7) is 5.34. The van der Waals surface area contributed by atoms with Crippen LogP contribution < -0.4 is 0 Å². The van der Waals surface area contributed by atoms with E-state index in [1.807, 2.05) is 18.7 Å². The van der Waals surface area contributed by atoms with Gasteiger partial charge >= 0.3 is 0 Å². The lowest BCUT2D eigenvalue weighted by molar-refractivity contribution is 0.0761. The molecular formula is C16H19N3O. The number of hydrogen-bond donors (Lipinski definition) is 1. The molecule has 0 spiro atoms. The van der Waals surface area contributed by atoms with E-state index in [0.29, 0.717) is 0 Å². The van der Waals surface area contributed by atoms with Gasteiger partial charge in [0.25, 0.3) is 5.91 Å². The molecule has 0 radical (unpaired) electrons. The zero-order valence-electron chi connectivity index (χ0n) is 11.9. The Bertz CT molecular complexity index is 598. The predicted molar refractivity (Wildman–Crippen MR) is 77.8 cm³/mol. The van der Waals surface area contributed by atoms with Gasteiger partial charge in [0, 0.05) is 18.8 Å².